The third-order valence-electron chi connectivity index (χ3n) is 1.98. The largest absolute Gasteiger partial charge is 0.469 e. The van der Waals surface area contributed by atoms with Crippen LogP contribution in [0, 0.1) is 5.82 Å². The average Bonchev–Trinajstić information content (AvgIpc) is 2.75. The number of halogens is 1. The fourth-order valence-corrected chi connectivity index (χ4v) is 2.08. The molecule has 0 saturated heterocycles. The van der Waals surface area contributed by atoms with Gasteiger partial charge in [0.1, 0.15) is 11.6 Å². The highest BCUT2D eigenvalue weighted by Crippen LogP contribution is 2.24. The Labute approximate surface area is 85.2 Å². The Morgan fingerprint density at radius 1 is 1.50 bits per heavy atom. The van der Waals surface area contributed by atoms with Crippen LogP contribution in [0.3, 0.4) is 0 Å². The van der Waals surface area contributed by atoms with Gasteiger partial charge in [-0.25, -0.2) is 4.39 Å². The molecule has 0 aliphatic heterocycles. The Bertz CT molecular complexity index is 396. The molecule has 0 aliphatic carbocycles. The second-order valence-corrected chi connectivity index (χ2v) is 3.97. The summed E-state index contributed by atoms with van der Waals surface area (Å²) in [6.07, 6.45) is 2.12. The van der Waals surface area contributed by atoms with Crippen LogP contribution in [0.15, 0.2) is 34.3 Å². The molecule has 2 heterocycles. The molecule has 2 aromatic rings. The maximum absolute atomic E-state index is 13.1. The van der Waals surface area contributed by atoms with E-state index in [0.29, 0.717) is 11.3 Å². The first-order chi connectivity index (χ1) is 6.77. The summed E-state index contributed by atoms with van der Waals surface area (Å²) in [5.41, 5.74) is 5.84. The summed E-state index contributed by atoms with van der Waals surface area (Å²) in [6, 6.07) is 4.75. The summed E-state index contributed by atoms with van der Waals surface area (Å²) in [7, 11) is 0. The standard InChI is InChI=1S/C10H10FNOS/c11-8-3-5-14-10(8)9(12)6-7-2-1-4-13-7/h1-5,9H,6,12H2. The Morgan fingerprint density at radius 2 is 2.36 bits per heavy atom. The monoisotopic (exact) mass is 211 g/mol. The molecule has 2 aromatic heterocycles. The zero-order valence-electron chi connectivity index (χ0n) is 7.44. The Hall–Kier alpha value is -1.13. The number of nitrogens with two attached hydrogens (primary N) is 1. The number of hydrogen-bond donors (Lipinski definition) is 1. The lowest BCUT2D eigenvalue weighted by atomic mass is 10.1. The second-order valence-electron chi connectivity index (χ2n) is 3.02. The molecule has 2 N–H and O–H groups in total. The molecule has 0 spiro atoms. The predicted octanol–water partition coefficient (Wildman–Crippen LogP) is 2.72. The Morgan fingerprint density at radius 3 is 2.93 bits per heavy atom. The smallest absolute Gasteiger partial charge is 0.138 e. The summed E-state index contributed by atoms with van der Waals surface area (Å²) in [5.74, 6) is 0.555. The van der Waals surface area contributed by atoms with E-state index in [-0.39, 0.29) is 11.9 Å². The van der Waals surface area contributed by atoms with Crippen molar-refractivity contribution in [2.45, 2.75) is 12.5 Å². The molecule has 0 bridgehead atoms. The van der Waals surface area contributed by atoms with Gasteiger partial charge in [-0.3, -0.25) is 0 Å². The van der Waals surface area contributed by atoms with Crippen molar-refractivity contribution in [2.24, 2.45) is 5.73 Å². The highest BCUT2D eigenvalue weighted by atomic mass is 32.1. The van der Waals surface area contributed by atoms with Crippen LogP contribution in [-0.2, 0) is 6.42 Å². The van der Waals surface area contributed by atoms with E-state index < -0.39 is 0 Å². The molecule has 1 unspecified atom stereocenters. The molecule has 0 amide bonds. The van der Waals surface area contributed by atoms with Gasteiger partial charge in [0.2, 0.25) is 0 Å². The van der Waals surface area contributed by atoms with Gasteiger partial charge in [-0.05, 0) is 23.6 Å². The summed E-state index contributed by atoms with van der Waals surface area (Å²) in [4.78, 5) is 0.585. The number of hydrogen-bond acceptors (Lipinski definition) is 3. The third-order valence-corrected chi connectivity index (χ3v) is 3.01. The van der Waals surface area contributed by atoms with Crippen molar-refractivity contribution in [3.05, 3.63) is 46.3 Å². The fourth-order valence-electron chi connectivity index (χ4n) is 1.31. The maximum atomic E-state index is 13.1. The van der Waals surface area contributed by atoms with Crippen molar-refractivity contribution in [1.82, 2.24) is 0 Å². The minimum atomic E-state index is -0.318. The summed E-state index contributed by atoms with van der Waals surface area (Å²) in [6.45, 7) is 0. The lowest BCUT2D eigenvalue weighted by molar-refractivity contribution is 0.484. The Kier molecular flexibility index (Phi) is 2.65. The molecule has 74 valence electrons. The zero-order chi connectivity index (χ0) is 9.97. The molecule has 14 heavy (non-hydrogen) atoms. The van der Waals surface area contributed by atoms with Gasteiger partial charge >= 0.3 is 0 Å². The van der Waals surface area contributed by atoms with Gasteiger partial charge in [0.15, 0.2) is 0 Å². The highest BCUT2D eigenvalue weighted by Gasteiger charge is 2.14. The molecular weight excluding hydrogens is 201 g/mol. The van der Waals surface area contributed by atoms with E-state index in [0.717, 1.165) is 5.76 Å². The van der Waals surface area contributed by atoms with Crippen LogP contribution in [0.5, 0.6) is 0 Å². The van der Waals surface area contributed by atoms with Gasteiger partial charge in [0, 0.05) is 12.5 Å². The molecule has 1 atom stereocenters. The summed E-state index contributed by atoms with van der Waals surface area (Å²) < 4.78 is 18.3. The summed E-state index contributed by atoms with van der Waals surface area (Å²) in [5, 5.41) is 1.70. The maximum Gasteiger partial charge on any atom is 0.138 e. The van der Waals surface area contributed by atoms with Crippen molar-refractivity contribution < 1.29 is 8.81 Å². The lowest BCUT2D eigenvalue weighted by Crippen LogP contribution is -2.12. The van der Waals surface area contributed by atoms with E-state index >= 15 is 0 Å². The molecule has 0 saturated carbocycles. The predicted molar refractivity (Wildman–Crippen MR) is 53.6 cm³/mol. The first-order valence-corrected chi connectivity index (χ1v) is 5.16. The molecule has 0 radical (unpaired) electrons. The Balaban J connectivity index is 2.10. The van der Waals surface area contributed by atoms with Crippen molar-refractivity contribution >= 4 is 11.3 Å². The quantitative estimate of drug-likeness (QED) is 0.847. The number of furan rings is 1. The van der Waals surface area contributed by atoms with Crippen LogP contribution in [0.25, 0.3) is 0 Å². The van der Waals surface area contributed by atoms with Crippen LogP contribution < -0.4 is 5.73 Å². The molecule has 2 nitrogen and oxygen atoms in total. The van der Waals surface area contributed by atoms with Crippen molar-refractivity contribution in [3.8, 4) is 0 Å². The van der Waals surface area contributed by atoms with E-state index in [1.54, 1.807) is 17.7 Å². The van der Waals surface area contributed by atoms with Crippen molar-refractivity contribution in [1.29, 1.82) is 0 Å². The van der Waals surface area contributed by atoms with Gasteiger partial charge in [-0.15, -0.1) is 11.3 Å². The van der Waals surface area contributed by atoms with Gasteiger partial charge < -0.3 is 10.2 Å². The van der Waals surface area contributed by atoms with Crippen molar-refractivity contribution in [3.63, 3.8) is 0 Å². The third kappa shape index (κ3) is 1.86. The summed E-state index contributed by atoms with van der Waals surface area (Å²) >= 11 is 1.34. The average molecular weight is 211 g/mol. The SMILES string of the molecule is NC(Cc1ccco1)c1sccc1F. The minimum absolute atomic E-state index is 0.228. The first kappa shape index (κ1) is 9.43. The van der Waals surface area contributed by atoms with E-state index in [4.69, 9.17) is 10.2 Å². The fraction of sp³-hybridized carbons (Fsp3) is 0.200. The molecule has 4 heteroatoms. The van der Waals surface area contributed by atoms with E-state index in [2.05, 4.69) is 0 Å². The number of rotatable bonds is 3. The van der Waals surface area contributed by atoms with Gasteiger partial charge in [0.25, 0.3) is 0 Å². The molecule has 0 aromatic carbocycles. The molecular formula is C10H10FNOS. The first-order valence-electron chi connectivity index (χ1n) is 4.28. The van der Waals surface area contributed by atoms with Crippen LogP contribution in [0.2, 0.25) is 0 Å². The zero-order valence-corrected chi connectivity index (χ0v) is 8.26. The minimum Gasteiger partial charge on any atom is -0.469 e. The molecule has 0 fully saturated rings. The normalized spacial score (nSPS) is 13.0. The van der Waals surface area contributed by atoms with E-state index in [1.807, 2.05) is 6.07 Å². The van der Waals surface area contributed by atoms with Crippen LogP contribution in [-0.4, -0.2) is 0 Å². The topological polar surface area (TPSA) is 39.2 Å². The lowest BCUT2D eigenvalue weighted by Gasteiger charge is -2.07. The van der Waals surface area contributed by atoms with Crippen LogP contribution >= 0.6 is 11.3 Å². The number of thiophene rings is 1. The highest BCUT2D eigenvalue weighted by molar-refractivity contribution is 7.10. The van der Waals surface area contributed by atoms with Gasteiger partial charge in [0.05, 0.1) is 11.1 Å². The van der Waals surface area contributed by atoms with Gasteiger partial charge in [-0.1, -0.05) is 0 Å². The van der Waals surface area contributed by atoms with Gasteiger partial charge in [-0.2, -0.15) is 0 Å². The second kappa shape index (κ2) is 3.94. The van der Waals surface area contributed by atoms with E-state index in [1.165, 1.54) is 17.4 Å². The molecule has 0 aliphatic rings. The van der Waals surface area contributed by atoms with E-state index in [9.17, 15) is 4.39 Å². The van der Waals surface area contributed by atoms with Crippen LogP contribution in [0.1, 0.15) is 16.7 Å². The molecule has 2 rings (SSSR count). The van der Waals surface area contributed by atoms with Crippen LogP contribution in [0.4, 0.5) is 4.39 Å². The van der Waals surface area contributed by atoms with Crippen molar-refractivity contribution in [2.75, 3.05) is 0 Å².